The van der Waals surface area contributed by atoms with Gasteiger partial charge in [-0.2, -0.15) is 0 Å². The van der Waals surface area contributed by atoms with Gasteiger partial charge >= 0.3 is 193 Å². The van der Waals surface area contributed by atoms with Crippen molar-refractivity contribution >= 4 is 52.3 Å². The number of rotatable bonds is 5. The molecule has 0 N–H and O–H groups in total. The van der Waals surface area contributed by atoms with Gasteiger partial charge in [0.25, 0.3) is 0 Å². The van der Waals surface area contributed by atoms with Crippen LogP contribution in [-0.4, -0.2) is 8.42 Å². The van der Waals surface area contributed by atoms with Gasteiger partial charge in [-0.25, -0.2) is 0 Å². The van der Waals surface area contributed by atoms with E-state index in [1.165, 1.54) is 12.1 Å². The molecule has 0 atom stereocenters. The molecule has 0 bridgehead atoms. The van der Waals surface area contributed by atoms with Crippen LogP contribution >= 0.6 is 20.2 Å². The van der Waals surface area contributed by atoms with Crippen LogP contribution < -0.4 is 5.43 Å². The second kappa shape index (κ2) is 8.50. The quantitative estimate of drug-likeness (QED) is 0.202. The number of halogens is 1. The van der Waals surface area contributed by atoms with Gasteiger partial charge in [0, 0.05) is 0 Å². The summed E-state index contributed by atoms with van der Waals surface area (Å²) in [6.45, 7) is 0. The molecule has 4 aromatic carbocycles. The minimum atomic E-state index is -3.99. The molecule has 7 heteroatoms. The average Bonchev–Trinajstić information content (AvgIpc) is 2.84. The Balaban J connectivity index is 1.67. The van der Waals surface area contributed by atoms with E-state index in [2.05, 4.69) is 0 Å². The summed E-state index contributed by atoms with van der Waals surface area (Å²) in [5.41, 5.74) is 0.810. The molecule has 0 saturated carbocycles. The molecule has 0 saturated heterocycles. The van der Waals surface area contributed by atoms with Crippen molar-refractivity contribution < 1.29 is 15.3 Å². The molecule has 0 radical (unpaired) electrons. The zero-order valence-electron chi connectivity index (χ0n) is 16.6. The second-order valence-electron chi connectivity index (χ2n) is 6.94. The van der Waals surface area contributed by atoms with E-state index in [1.807, 2.05) is 36.4 Å². The Morgan fingerprint density at radius 3 is 2.03 bits per heavy atom. The van der Waals surface area contributed by atoms with Crippen LogP contribution in [0.4, 0.5) is 0 Å². The zero-order chi connectivity index (χ0) is 22.1. The van der Waals surface area contributed by atoms with Gasteiger partial charge in [0.1, 0.15) is 0 Å². The molecule has 1 heterocycles. The standard InChI is InChI=1S/C25H17IO5S/c27-25-21-13-7-8-14-23(21)30-24-16-15-19(17-22(24)25)26(18-9-3-1-4-10-18)31-32(28,29)20-11-5-2-6-12-20/h1-17H. The SMILES string of the molecule is O=c1c2ccccc2oc2ccc(I(OS(=O)(=O)c3ccccc3)c3ccccc3)cc12. The molecule has 5 aromatic rings. The Morgan fingerprint density at radius 2 is 1.28 bits per heavy atom. The average molecular weight is 556 g/mol. The van der Waals surface area contributed by atoms with Crippen molar-refractivity contribution in [2.45, 2.75) is 4.90 Å². The maximum atomic E-state index is 13.1. The van der Waals surface area contributed by atoms with Gasteiger partial charge in [0.05, 0.1) is 0 Å². The summed E-state index contributed by atoms with van der Waals surface area (Å²) in [7, 11) is -3.99. The summed E-state index contributed by atoms with van der Waals surface area (Å²) in [4.78, 5) is 13.2. The van der Waals surface area contributed by atoms with Crippen LogP contribution in [0.3, 0.4) is 0 Å². The predicted octanol–water partition coefficient (Wildman–Crippen LogP) is 5.81. The Morgan fingerprint density at radius 1 is 0.656 bits per heavy atom. The molecule has 0 aliphatic carbocycles. The van der Waals surface area contributed by atoms with Gasteiger partial charge in [0.2, 0.25) is 0 Å². The third kappa shape index (κ3) is 3.94. The Hall–Kier alpha value is -3.01. The van der Waals surface area contributed by atoms with E-state index < -0.39 is 30.4 Å². The summed E-state index contributed by atoms with van der Waals surface area (Å²) >= 11 is -2.93. The van der Waals surface area contributed by atoms with Crippen LogP contribution in [0.5, 0.6) is 0 Å². The monoisotopic (exact) mass is 556 g/mol. The van der Waals surface area contributed by atoms with Crippen LogP contribution in [0.15, 0.2) is 117 Å². The molecule has 0 unspecified atom stereocenters. The number of fused-ring (bicyclic) bond motifs is 2. The Bertz CT molecular complexity index is 1580. The number of hydrogen-bond donors (Lipinski definition) is 0. The van der Waals surface area contributed by atoms with Crippen molar-refractivity contribution in [1.29, 1.82) is 0 Å². The van der Waals surface area contributed by atoms with Gasteiger partial charge in [-0.3, -0.25) is 0 Å². The molecular formula is C25H17IO5S. The Kier molecular flexibility index (Phi) is 5.54. The molecule has 0 aliphatic rings. The summed E-state index contributed by atoms with van der Waals surface area (Å²) in [5.74, 6) is 0. The molecule has 5 nitrogen and oxygen atoms in total. The topological polar surface area (TPSA) is 73.6 Å². The maximum absolute atomic E-state index is 13.1. The first-order chi connectivity index (χ1) is 15.5. The number of para-hydroxylation sites is 1. The normalized spacial score (nSPS) is 12.2. The molecule has 1 aromatic heterocycles. The fraction of sp³-hybridized carbons (Fsp3) is 0. The van der Waals surface area contributed by atoms with Crippen molar-refractivity contribution in [1.82, 2.24) is 0 Å². The summed E-state index contributed by atoms with van der Waals surface area (Å²) in [5, 5.41) is 0.884. The Labute approximate surface area is 192 Å². The van der Waals surface area contributed by atoms with Crippen molar-refractivity contribution in [3.05, 3.63) is 120 Å². The van der Waals surface area contributed by atoms with Crippen LogP contribution in [0.1, 0.15) is 0 Å². The first kappa shape index (κ1) is 20.9. The van der Waals surface area contributed by atoms with E-state index in [0.29, 0.717) is 25.5 Å². The van der Waals surface area contributed by atoms with E-state index in [-0.39, 0.29) is 10.3 Å². The number of benzene rings is 4. The molecule has 0 amide bonds. The van der Waals surface area contributed by atoms with Gasteiger partial charge in [0.15, 0.2) is 0 Å². The van der Waals surface area contributed by atoms with Gasteiger partial charge in [-0.05, 0) is 0 Å². The van der Waals surface area contributed by atoms with Crippen LogP contribution in [0.25, 0.3) is 21.9 Å². The van der Waals surface area contributed by atoms with Crippen LogP contribution in [0.2, 0.25) is 0 Å². The van der Waals surface area contributed by atoms with E-state index in [1.54, 1.807) is 54.6 Å². The zero-order valence-corrected chi connectivity index (χ0v) is 19.6. The fourth-order valence-electron chi connectivity index (χ4n) is 3.32. The molecular weight excluding hydrogens is 539 g/mol. The van der Waals surface area contributed by atoms with E-state index in [4.69, 9.17) is 6.93 Å². The van der Waals surface area contributed by atoms with Crippen molar-refractivity contribution in [2.75, 3.05) is 0 Å². The first-order valence-electron chi connectivity index (χ1n) is 9.74. The van der Waals surface area contributed by atoms with Gasteiger partial charge in [-0.15, -0.1) is 0 Å². The van der Waals surface area contributed by atoms with Crippen LogP contribution in [-0.2, 0) is 12.6 Å². The molecule has 32 heavy (non-hydrogen) atoms. The van der Waals surface area contributed by atoms with Gasteiger partial charge < -0.3 is 0 Å². The third-order valence-electron chi connectivity index (χ3n) is 4.85. The fourth-order valence-corrected chi connectivity index (χ4v) is 10.4. The van der Waals surface area contributed by atoms with Crippen LogP contribution in [0, 0.1) is 7.14 Å². The van der Waals surface area contributed by atoms with Crippen molar-refractivity contribution in [3.63, 3.8) is 0 Å². The molecule has 0 spiro atoms. The summed E-state index contributed by atoms with van der Waals surface area (Å²) in [6, 6.07) is 29.6. The third-order valence-corrected chi connectivity index (χ3v) is 12.1. The molecule has 0 aliphatic heterocycles. The van der Waals surface area contributed by atoms with Crippen molar-refractivity contribution in [2.24, 2.45) is 0 Å². The predicted molar refractivity (Wildman–Crippen MR) is 133 cm³/mol. The first-order valence-corrected chi connectivity index (χ1v) is 14.2. The van der Waals surface area contributed by atoms with Gasteiger partial charge in [-0.1, -0.05) is 0 Å². The van der Waals surface area contributed by atoms with Crippen molar-refractivity contribution in [3.8, 4) is 0 Å². The van der Waals surface area contributed by atoms with E-state index >= 15 is 0 Å². The van der Waals surface area contributed by atoms with E-state index in [9.17, 15) is 13.2 Å². The molecule has 5 rings (SSSR count). The molecule has 0 fully saturated rings. The molecule has 160 valence electrons. The van der Waals surface area contributed by atoms with E-state index in [0.717, 1.165) is 3.57 Å². The summed E-state index contributed by atoms with van der Waals surface area (Å²) in [6.07, 6.45) is 0. The summed E-state index contributed by atoms with van der Waals surface area (Å²) < 4.78 is 39.3. The minimum absolute atomic E-state index is 0.101. The number of hydrogen-bond acceptors (Lipinski definition) is 5. The second-order valence-corrected chi connectivity index (χ2v) is 13.4.